The summed E-state index contributed by atoms with van der Waals surface area (Å²) in [7, 11) is 0. The summed E-state index contributed by atoms with van der Waals surface area (Å²) in [6, 6.07) is 20.6. The molecule has 2 amide bonds. The van der Waals surface area contributed by atoms with E-state index in [0.29, 0.717) is 19.4 Å². The molecule has 1 N–H and O–H groups in total. The molecule has 30 heavy (non-hydrogen) atoms. The van der Waals surface area contributed by atoms with Gasteiger partial charge in [0, 0.05) is 50.2 Å². The predicted octanol–water partition coefficient (Wildman–Crippen LogP) is 3.77. The number of hydrogen-bond acceptors (Lipinski definition) is 2. The highest BCUT2D eigenvalue weighted by Crippen LogP contribution is 2.17. The molecule has 0 unspecified atom stereocenters. The van der Waals surface area contributed by atoms with E-state index in [4.69, 9.17) is 0 Å². The minimum atomic E-state index is 0.100. The molecule has 3 aromatic rings. The van der Waals surface area contributed by atoms with Crippen LogP contribution in [-0.4, -0.2) is 40.4 Å². The lowest BCUT2D eigenvalue weighted by atomic mass is 10.0. The van der Waals surface area contributed by atoms with Crippen LogP contribution in [0.5, 0.6) is 0 Å². The quantitative estimate of drug-likeness (QED) is 0.653. The van der Waals surface area contributed by atoms with Gasteiger partial charge in [-0.3, -0.25) is 9.59 Å². The van der Waals surface area contributed by atoms with E-state index in [9.17, 15) is 9.59 Å². The van der Waals surface area contributed by atoms with Crippen molar-refractivity contribution in [2.24, 2.45) is 0 Å². The Hall–Kier alpha value is -3.08. The number of nitrogens with zero attached hydrogens (tertiary/aromatic N) is 2. The Kier molecular flexibility index (Phi) is 6.47. The largest absolute Gasteiger partial charge is 0.353 e. The zero-order chi connectivity index (χ0) is 20.8. The molecule has 5 heteroatoms. The number of para-hydroxylation sites is 1. The van der Waals surface area contributed by atoms with Crippen LogP contribution in [0.2, 0.25) is 0 Å². The average Bonchev–Trinajstić information content (AvgIpc) is 3.20. The van der Waals surface area contributed by atoms with Crippen molar-refractivity contribution in [1.82, 2.24) is 14.8 Å². The Balaban J connectivity index is 1.18. The van der Waals surface area contributed by atoms with Gasteiger partial charge >= 0.3 is 0 Å². The van der Waals surface area contributed by atoms with Crippen LogP contribution in [0.1, 0.15) is 31.2 Å². The summed E-state index contributed by atoms with van der Waals surface area (Å²) in [6.45, 7) is 2.13. The smallest absolute Gasteiger partial charge is 0.224 e. The van der Waals surface area contributed by atoms with E-state index in [2.05, 4.69) is 34.3 Å². The highest BCUT2D eigenvalue weighted by molar-refractivity contribution is 5.81. The van der Waals surface area contributed by atoms with Gasteiger partial charge in [-0.25, -0.2) is 0 Å². The molecule has 5 nitrogen and oxygen atoms in total. The summed E-state index contributed by atoms with van der Waals surface area (Å²) < 4.78 is 2.15. The molecule has 0 bridgehead atoms. The molecular formula is C25H29N3O2. The lowest BCUT2D eigenvalue weighted by Gasteiger charge is -2.32. The van der Waals surface area contributed by atoms with Crippen molar-refractivity contribution in [1.29, 1.82) is 0 Å². The summed E-state index contributed by atoms with van der Waals surface area (Å²) in [5.74, 6) is 0.296. The molecule has 2 aromatic carbocycles. The van der Waals surface area contributed by atoms with Crippen LogP contribution >= 0.6 is 0 Å². The first-order valence-electron chi connectivity index (χ1n) is 10.8. The summed E-state index contributed by atoms with van der Waals surface area (Å²) >= 11 is 0. The second-order valence-electron chi connectivity index (χ2n) is 8.03. The number of carbonyl (C=O) groups is 2. The van der Waals surface area contributed by atoms with Gasteiger partial charge in [0.05, 0.1) is 0 Å². The molecule has 1 fully saturated rings. The number of carbonyl (C=O) groups excluding carboxylic acids is 2. The molecule has 0 radical (unpaired) electrons. The van der Waals surface area contributed by atoms with E-state index in [1.165, 1.54) is 16.5 Å². The van der Waals surface area contributed by atoms with Crippen LogP contribution in [0.3, 0.4) is 0 Å². The monoisotopic (exact) mass is 403 g/mol. The molecule has 0 atom stereocenters. The molecule has 4 rings (SSSR count). The molecule has 1 aliphatic heterocycles. The zero-order valence-electron chi connectivity index (χ0n) is 17.3. The Morgan fingerprint density at radius 2 is 1.63 bits per heavy atom. The first kappa shape index (κ1) is 20.2. The van der Waals surface area contributed by atoms with Gasteiger partial charge in [0.15, 0.2) is 0 Å². The fraction of sp³-hybridized carbons (Fsp3) is 0.360. The number of fused-ring (bicyclic) bond motifs is 1. The number of amides is 2. The molecule has 0 saturated carbocycles. The fourth-order valence-electron chi connectivity index (χ4n) is 4.19. The Morgan fingerprint density at radius 1 is 0.900 bits per heavy atom. The SMILES string of the molecule is O=C(CCc1ccccc1)NC1CCN(C(=O)CCn2ccc3ccccc32)CC1. The second-order valence-corrected chi connectivity index (χ2v) is 8.03. The maximum atomic E-state index is 12.6. The van der Waals surface area contributed by atoms with Gasteiger partial charge in [0.2, 0.25) is 11.8 Å². The summed E-state index contributed by atoms with van der Waals surface area (Å²) in [6.07, 6.45) is 5.48. The number of hydrogen-bond donors (Lipinski definition) is 1. The Bertz CT molecular complexity index is 988. The molecule has 1 aliphatic rings. The maximum absolute atomic E-state index is 12.6. The van der Waals surface area contributed by atoms with Gasteiger partial charge in [-0.2, -0.15) is 0 Å². The van der Waals surface area contributed by atoms with E-state index in [1.807, 2.05) is 47.4 Å². The predicted molar refractivity (Wildman–Crippen MR) is 119 cm³/mol. The lowest BCUT2D eigenvalue weighted by molar-refractivity contribution is -0.132. The van der Waals surface area contributed by atoms with Gasteiger partial charge in [-0.15, -0.1) is 0 Å². The summed E-state index contributed by atoms with van der Waals surface area (Å²) in [4.78, 5) is 26.8. The van der Waals surface area contributed by atoms with Crippen molar-refractivity contribution in [2.45, 2.75) is 44.7 Å². The van der Waals surface area contributed by atoms with Crippen LogP contribution in [0.4, 0.5) is 0 Å². The van der Waals surface area contributed by atoms with E-state index in [0.717, 1.165) is 32.4 Å². The Morgan fingerprint density at radius 3 is 2.43 bits per heavy atom. The normalized spacial score (nSPS) is 14.7. The van der Waals surface area contributed by atoms with Crippen molar-refractivity contribution < 1.29 is 9.59 Å². The van der Waals surface area contributed by atoms with Gasteiger partial charge in [0.1, 0.15) is 0 Å². The van der Waals surface area contributed by atoms with E-state index in [1.54, 1.807) is 0 Å². The molecule has 1 saturated heterocycles. The van der Waals surface area contributed by atoms with E-state index >= 15 is 0 Å². The topological polar surface area (TPSA) is 54.3 Å². The van der Waals surface area contributed by atoms with Crippen LogP contribution in [-0.2, 0) is 22.6 Å². The van der Waals surface area contributed by atoms with Crippen LogP contribution in [0.25, 0.3) is 10.9 Å². The number of nitrogens with one attached hydrogen (secondary N) is 1. The minimum Gasteiger partial charge on any atom is -0.353 e. The second kappa shape index (κ2) is 9.61. The number of rotatable bonds is 7. The standard InChI is InChI=1S/C25H29N3O2/c29-24(11-10-20-6-2-1-3-7-20)26-22-13-17-28(18-14-22)25(30)15-19-27-16-12-21-8-4-5-9-23(21)27/h1-9,12,16,22H,10-11,13-15,17-19H2,(H,26,29). The highest BCUT2D eigenvalue weighted by atomic mass is 16.2. The average molecular weight is 404 g/mol. The Labute approximate surface area is 177 Å². The van der Waals surface area contributed by atoms with Crippen LogP contribution in [0, 0.1) is 0 Å². The van der Waals surface area contributed by atoms with Crippen LogP contribution in [0.15, 0.2) is 66.9 Å². The van der Waals surface area contributed by atoms with E-state index < -0.39 is 0 Å². The molecule has 0 aliphatic carbocycles. The first-order chi connectivity index (χ1) is 14.7. The van der Waals surface area contributed by atoms with Gasteiger partial charge in [-0.05, 0) is 42.3 Å². The number of piperidine rings is 1. The summed E-state index contributed by atoms with van der Waals surface area (Å²) in [5, 5.41) is 4.34. The van der Waals surface area contributed by atoms with Gasteiger partial charge in [-0.1, -0.05) is 48.5 Å². The third-order valence-corrected chi connectivity index (χ3v) is 5.94. The summed E-state index contributed by atoms with van der Waals surface area (Å²) in [5.41, 5.74) is 2.35. The molecular weight excluding hydrogens is 374 g/mol. The third kappa shape index (κ3) is 5.09. The van der Waals surface area contributed by atoms with Crippen molar-refractivity contribution in [2.75, 3.05) is 13.1 Å². The lowest BCUT2D eigenvalue weighted by Crippen LogP contribution is -2.46. The molecule has 2 heterocycles. The maximum Gasteiger partial charge on any atom is 0.224 e. The van der Waals surface area contributed by atoms with Crippen molar-refractivity contribution in [3.63, 3.8) is 0 Å². The first-order valence-corrected chi connectivity index (χ1v) is 10.8. The number of benzene rings is 2. The number of aryl methyl sites for hydroxylation is 2. The molecule has 1 aromatic heterocycles. The van der Waals surface area contributed by atoms with Crippen molar-refractivity contribution >= 4 is 22.7 Å². The van der Waals surface area contributed by atoms with Gasteiger partial charge in [0.25, 0.3) is 0 Å². The van der Waals surface area contributed by atoms with Crippen molar-refractivity contribution in [3.8, 4) is 0 Å². The molecule has 0 spiro atoms. The van der Waals surface area contributed by atoms with Gasteiger partial charge < -0.3 is 14.8 Å². The number of likely N-dealkylation sites (tertiary alicyclic amines) is 1. The number of aromatic nitrogens is 1. The molecule has 156 valence electrons. The van der Waals surface area contributed by atoms with Crippen LogP contribution < -0.4 is 5.32 Å². The highest BCUT2D eigenvalue weighted by Gasteiger charge is 2.23. The third-order valence-electron chi connectivity index (χ3n) is 5.94. The van der Waals surface area contributed by atoms with E-state index in [-0.39, 0.29) is 17.9 Å². The minimum absolute atomic E-state index is 0.100. The zero-order valence-corrected chi connectivity index (χ0v) is 17.3. The van der Waals surface area contributed by atoms with Crippen molar-refractivity contribution in [3.05, 3.63) is 72.4 Å². The fourth-order valence-corrected chi connectivity index (χ4v) is 4.19.